The summed E-state index contributed by atoms with van der Waals surface area (Å²) < 4.78 is 0. The predicted octanol–water partition coefficient (Wildman–Crippen LogP) is 4.57. The molecule has 1 amide bonds. The van der Waals surface area contributed by atoms with Crippen LogP contribution >= 0.6 is 11.6 Å². The van der Waals surface area contributed by atoms with Crippen LogP contribution in [0.4, 0.5) is 23.1 Å². The Morgan fingerprint density at radius 1 is 1.19 bits per heavy atom. The van der Waals surface area contributed by atoms with Crippen molar-refractivity contribution in [2.45, 2.75) is 19.3 Å². The van der Waals surface area contributed by atoms with Crippen molar-refractivity contribution >= 4 is 40.6 Å². The maximum absolute atomic E-state index is 12.2. The molecule has 0 saturated heterocycles. The van der Waals surface area contributed by atoms with Gasteiger partial charge in [-0.15, -0.1) is 0 Å². The number of carbonyl (C=O) groups is 1. The highest BCUT2D eigenvalue weighted by atomic mass is 35.5. The Labute approximate surface area is 193 Å². The normalized spacial score (nSPS) is 16.1. The number of hydrogen-bond acceptors (Lipinski definition) is 6. The number of rotatable bonds is 5. The third-order valence-corrected chi connectivity index (χ3v) is 5.95. The highest BCUT2D eigenvalue weighted by molar-refractivity contribution is 6.33. The van der Waals surface area contributed by atoms with Gasteiger partial charge in [-0.2, -0.15) is 4.98 Å². The van der Waals surface area contributed by atoms with Crippen LogP contribution in [-0.2, 0) is 6.42 Å². The SMILES string of the molecule is CNC(=O)c1ccccc1Nc1nc(Nc2ccc3c(c2)[C@H](C)CN(C)CC3)ncc1Cl. The molecule has 1 aromatic heterocycles. The van der Waals surface area contributed by atoms with Gasteiger partial charge in [0, 0.05) is 25.8 Å². The molecule has 1 atom stereocenters. The first kappa shape index (κ1) is 22.0. The Morgan fingerprint density at radius 3 is 2.81 bits per heavy atom. The number of amides is 1. The van der Waals surface area contributed by atoms with Crippen LogP contribution in [0.3, 0.4) is 0 Å². The second-order valence-corrected chi connectivity index (χ2v) is 8.50. The molecule has 1 aliphatic heterocycles. The third-order valence-electron chi connectivity index (χ3n) is 5.68. The lowest BCUT2D eigenvalue weighted by Crippen LogP contribution is -2.22. The Hall–Kier alpha value is -3.16. The van der Waals surface area contributed by atoms with Gasteiger partial charge in [0.15, 0.2) is 5.82 Å². The summed E-state index contributed by atoms with van der Waals surface area (Å²) >= 11 is 6.34. The van der Waals surface area contributed by atoms with Crippen molar-refractivity contribution in [2.75, 3.05) is 37.8 Å². The molecular formula is C24H27ClN6O. The van der Waals surface area contributed by atoms with Crippen molar-refractivity contribution in [3.8, 4) is 0 Å². The zero-order valence-corrected chi connectivity index (χ0v) is 19.2. The maximum atomic E-state index is 12.2. The van der Waals surface area contributed by atoms with Gasteiger partial charge in [-0.3, -0.25) is 4.79 Å². The zero-order valence-electron chi connectivity index (χ0n) is 18.4. The second-order valence-electron chi connectivity index (χ2n) is 8.09. The number of benzene rings is 2. The van der Waals surface area contributed by atoms with Crippen LogP contribution < -0.4 is 16.0 Å². The van der Waals surface area contributed by atoms with Crippen LogP contribution in [0.15, 0.2) is 48.7 Å². The molecule has 0 fully saturated rings. The number of likely N-dealkylation sites (N-methyl/N-ethyl adjacent to an activating group) is 1. The standard InChI is InChI=1S/C24H27ClN6O/c1-15-14-31(3)11-10-16-8-9-17(12-19(15)16)28-24-27-13-20(25)22(30-24)29-21-7-5-4-6-18(21)23(32)26-2/h4-9,12-13,15H,10-11,14H2,1-3H3,(H,26,32)(H2,27,28,29,30)/t15-/m1/s1. The molecule has 2 heterocycles. The van der Waals surface area contributed by atoms with E-state index in [1.165, 1.54) is 11.1 Å². The predicted molar refractivity (Wildman–Crippen MR) is 129 cm³/mol. The van der Waals surface area contributed by atoms with Gasteiger partial charge in [-0.05, 0) is 54.8 Å². The van der Waals surface area contributed by atoms with Crippen LogP contribution in [0, 0.1) is 0 Å². The largest absolute Gasteiger partial charge is 0.355 e. The molecule has 0 aliphatic carbocycles. The molecule has 1 aliphatic rings. The van der Waals surface area contributed by atoms with Crippen molar-refractivity contribution in [1.29, 1.82) is 0 Å². The molecule has 0 saturated carbocycles. The average molecular weight is 451 g/mol. The highest BCUT2D eigenvalue weighted by Crippen LogP contribution is 2.30. The van der Waals surface area contributed by atoms with E-state index in [0.29, 0.717) is 34.0 Å². The molecule has 32 heavy (non-hydrogen) atoms. The molecule has 2 aromatic carbocycles. The number of fused-ring (bicyclic) bond motifs is 1. The molecule has 0 bridgehead atoms. The molecule has 0 radical (unpaired) electrons. The molecule has 8 heteroatoms. The van der Waals surface area contributed by atoms with E-state index in [4.69, 9.17) is 11.6 Å². The zero-order chi connectivity index (χ0) is 22.7. The Balaban J connectivity index is 1.58. The van der Waals surface area contributed by atoms with Crippen molar-refractivity contribution in [3.05, 3.63) is 70.4 Å². The summed E-state index contributed by atoms with van der Waals surface area (Å²) in [6.45, 7) is 4.36. The fourth-order valence-corrected chi connectivity index (χ4v) is 4.16. The molecule has 0 unspecified atom stereocenters. The smallest absolute Gasteiger partial charge is 0.253 e. The highest BCUT2D eigenvalue weighted by Gasteiger charge is 2.18. The van der Waals surface area contributed by atoms with Gasteiger partial charge in [0.2, 0.25) is 5.95 Å². The Morgan fingerprint density at radius 2 is 2.00 bits per heavy atom. The van der Waals surface area contributed by atoms with Crippen molar-refractivity contribution < 1.29 is 4.79 Å². The van der Waals surface area contributed by atoms with E-state index < -0.39 is 0 Å². The first-order chi connectivity index (χ1) is 15.4. The lowest BCUT2D eigenvalue weighted by Gasteiger charge is -2.18. The maximum Gasteiger partial charge on any atom is 0.253 e. The first-order valence-corrected chi connectivity index (χ1v) is 11.0. The van der Waals surface area contributed by atoms with Gasteiger partial charge in [-0.1, -0.05) is 36.7 Å². The van der Waals surface area contributed by atoms with E-state index in [9.17, 15) is 4.79 Å². The number of hydrogen-bond donors (Lipinski definition) is 3. The number of halogens is 1. The van der Waals surface area contributed by atoms with Gasteiger partial charge in [0.1, 0.15) is 5.02 Å². The van der Waals surface area contributed by atoms with Crippen molar-refractivity contribution in [1.82, 2.24) is 20.2 Å². The quantitative estimate of drug-likeness (QED) is 0.528. The third kappa shape index (κ3) is 4.84. The number of para-hydroxylation sites is 1. The fraction of sp³-hybridized carbons (Fsp3) is 0.292. The van der Waals surface area contributed by atoms with E-state index in [2.05, 4.69) is 63.0 Å². The molecule has 3 aromatic rings. The van der Waals surface area contributed by atoms with E-state index >= 15 is 0 Å². The summed E-state index contributed by atoms with van der Waals surface area (Å²) in [5, 5.41) is 9.46. The summed E-state index contributed by atoms with van der Waals surface area (Å²) in [4.78, 5) is 23.4. The summed E-state index contributed by atoms with van der Waals surface area (Å²) in [5.41, 5.74) is 4.79. The molecule has 166 valence electrons. The van der Waals surface area contributed by atoms with E-state index in [-0.39, 0.29) is 5.91 Å². The summed E-state index contributed by atoms with van der Waals surface area (Å²) in [6, 6.07) is 13.6. The number of aromatic nitrogens is 2. The van der Waals surface area contributed by atoms with E-state index in [0.717, 1.165) is 25.2 Å². The summed E-state index contributed by atoms with van der Waals surface area (Å²) in [7, 11) is 3.76. The first-order valence-electron chi connectivity index (χ1n) is 10.6. The lowest BCUT2D eigenvalue weighted by atomic mass is 9.95. The fourth-order valence-electron chi connectivity index (χ4n) is 4.02. The average Bonchev–Trinajstić information content (AvgIpc) is 2.93. The second kappa shape index (κ2) is 9.54. The topological polar surface area (TPSA) is 82.2 Å². The molecular weight excluding hydrogens is 424 g/mol. The minimum Gasteiger partial charge on any atom is -0.355 e. The number of carbonyl (C=O) groups excluding carboxylic acids is 1. The number of nitrogens with zero attached hydrogens (tertiary/aromatic N) is 3. The van der Waals surface area contributed by atoms with Gasteiger partial charge < -0.3 is 20.9 Å². The summed E-state index contributed by atoms with van der Waals surface area (Å²) in [5.74, 6) is 1.10. The molecule has 3 N–H and O–H groups in total. The van der Waals surface area contributed by atoms with Crippen LogP contribution in [0.5, 0.6) is 0 Å². The van der Waals surface area contributed by atoms with Crippen LogP contribution in [0.1, 0.15) is 34.3 Å². The summed E-state index contributed by atoms with van der Waals surface area (Å²) in [6.07, 6.45) is 2.59. The molecule has 0 spiro atoms. The number of nitrogens with one attached hydrogen (secondary N) is 3. The van der Waals surface area contributed by atoms with Gasteiger partial charge in [0.05, 0.1) is 17.4 Å². The Bertz CT molecular complexity index is 1140. The number of anilines is 4. The minimum atomic E-state index is -0.193. The van der Waals surface area contributed by atoms with Crippen LogP contribution in [0.2, 0.25) is 5.02 Å². The lowest BCUT2D eigenvalue weighted by molar-refractivity contribution is 0.0964. The van der Waals surface area contributed by atoms with Crippen LogP contribution in [0.25, 0.3) is 0 Å². The van der Waals surface area contributed by atoms with Gasteiger partial charge >= 0.3 is 0 Å². The van der Waals surface area contributed by atoms with Gasteiger partial charge in [-0.25, -0.2) is 4.98 Å². The molecule has 7 nitrogen and oxygen atoms in total. The Kier molecular flexibility index (Phi) is 6.58. The molecule has 4 rings (SSSR count). The van der Waals surface area contributed by atoms with Gasteiger partial charge in [0.25, 0.3) is 5.91 Å². The minimum absolute atomic E-state index is 0.193. The van der Waals surface area contributed by atoms with E-state index in [1.807, 2.05) is 6.07 Å². The van der Waals surface area contributed by atoms with Crippen LogP contribution in [-0.4, -0.2) is 48.0 Å². The van der Waals surface area contributed by atoms with Crippen molar-refractivity contribution in [2.24, 2.45) is 0 Å². The van der Waals surface area contributed by atoms with E-state index in [1.54, 1.807) is 31.4 Å². The monoisotopic (exact) mass is 450 g/mol. The van der Waals surface area contributed by atoms with Crippen molar-refractivity contribution in [3.63, 3.8) is 0 Å².